The molecule has 3 atom stereocenters. The van der Waals surface area contributed by atoms with Crippen molar-refractivity contribution in [2.24, 2.45) is 11.8 Å². The van der Waals surface area contributed by atoms with Gasteiger partial charge < -0.3 is 5.32 Å². The van der Waals surface area contributed by atoms with Crippen LogP contribution in [-0.2, 0) is 0 Å². The summed E-state index contributed by atoms with van der Waals surface area (Å²) < 4.78 is 0. The average molecular weight is 248 g/mol. The molecule has 3 unspecified atom stereocenters. The Morgan fingerprint density at radius 1 is 1.33 bits per heavy atom. The van der Waals surface area contributed by atoms with Crippen molar-refractivity contribution in [1.29, 1.82) is 0 Å². The zero-order valence-corrected chi connectivity index (χ0v) is 11.1. The smallest absolute Gasteiger partial charge is 0.292 e. The van der Waals surface area contributed by atoms with Gasteiger partial charge in [0.05, 0.1) is 4.92 Å². The second-order valence-electron chi connectivity index (χ2n) is 5.44. The van der Waals surface area contributed by atoms with Gasteiger partial charge in [0.2, 0.25) is 0 Å². The van der Waals surface area contributed by atoms with Crippen molar-refractivity contribution in [3.8, 4) is 0 Å². The molecule has 2 rings (SSSR count). The van der Waals surface area contributed by atoms with Crippen LogP contribution in [0.15, 0.2) is 18.2 Å². The SMILES string of the molecule is Cc1ccc(NC2CCC(C)C2C)c([N+](=O)[O-])c1. The number of aryl methyl sites for hydroxylation is 1. The largest absolute Gasteiger partial charge is 0.376 e. The molecule has 1 aliphatic rings. The fourth-order valence-electron chi connectivity index (χ4n) is 2.68. The normalized spacial score (nSPS) is 27.2. The van der Waals surface area contributed by atoms with Crippen molar-refractivity contribution in [2.45, 2.75) is 39.7 Å². The first-order chi connectivity index (χ1) is 8.49. The van der Waals surface area contributed by atoms with Gasteiger partial charge in [0.1, 0.15) is 5.69 Å². The maximum atomic E-state index is 11.1. The first kappa shape index (κ1) is 12.9. The second kappa shape index (κ2) is 4.96. The molecule has 0 amide bonds. The van der Waals surface area contributed by atoms with Crippen LogP contribution in [0.5, 0.6) is 0 Å². The van der Waals surface area contributed by atoms with Gasteiger partial charge in [-0.15, -0.1) is 0 Å². The Bertz CT molecular complexity index is 459. The van der Waals surface area contributed by atoms with Crippen molar-refractivity contribution in [3.05, 3.63) is 33.9 Å². The third-order valence-corrected chi connectivity index (χ3v) is 4.16. The third-order valence-electron chi connectivity index (χ3n) is 4.16. The molecule has 0 radical (unpaired) electrons. The molecular formula is C14H20N2O2. The van der Waals surface area contributed by atoms with Crippen LogP contribution < -0.4 is 5.32 Å². The molecular weight excluding hydrogens is 228 g/mol. The Morgan fingerprint density at radius 3 is 2.61 bits per heavy atom. The van der Waals surface area contributed by atoms with E-state index >= 15 is 0 Å². The van der Waals surface area contributed by atoms with Gasteiger partial charge in [-0.25, -0.2) is 0 Å². The minimum atomic E-state index is -0.307. The molecule has 1 aliphatic carbocycles. The van der Waals surface area contributed by atoms with Crippen molar-refractivity contribution < 1.29 is 4.92 Å². The van der Waals surface area contributed by atoms with E-state index in [9.17, 15) is 10.1 Å². The lowest BCUT2D eigenvalue weighted by molar-refractivity contribution is -0.384. The third kappa shape index (κ3) is 2.47. The van der Waals surface area contributed by atoms with Crippen LogP contribution >= 0.6 is 0 Å². The van der Waals surface area contributed by atoms with E-state index in [1.165, 1.54) is 6.42 Å². The van der Waals surface area contributed by atoms with Crippen LogP contribution in [0.4, 0.5) is 11.4 Å². The molecule has 1 N–H and O–H groups in total. The molecule has 4 nitrogen and oxygen atoms in total. The number of nitro groups is 1. The van der Waals surface area contributed by atoms with Crippen LogP contribution in [0.2, 0.25) is 0 Å². The Morgan fingerprint density at radius 2 is 2.06 bits per heavy atom. The van der Waals surface area contributed by atoms with Crippen LogP contribution in [0.25, 0.3) is 0 Å². The molecule has 1 aromatic carbocycles. The lowest BCUT2D eigenvalue weighted by Gasteiger charge is -2.20. The van der Waals surface area contributed by atoms with Crippen molar-refractivity contribution in [1.82, 2.24) is 0 Å². The van der Waals surface area contributed by atoms with Crippen molar-refractivity contribution in [2.75, 3.05) is 5.32 Å². The summed E-state index contributed by atoms with van der Waals surface area (Å²) in [5.41, 5.74) is 1.75. The number of hydrogen-bond acceptors (Lipinski definition) is 3. The quantitative estimate of drug-likeness (QED) is 0.654. The molecule has 4 heteroatoms. The number of nitrogens with zero attached hydrogens (tertiary/aromatic N) is 1. The number of benzene rings is 1. The summed E-state index contributed by atoms with van der Waals surface area (Å²) in [5.74, 6) is 1.25. The fraction of sp³-hybridized carbons (Fsp3) is 0.571. The summed E-state index contributed by atoms with van der Waals surface area (Å²) in [6, 6.07) is 5.72. The lowest BCUT2D eigenvalue weighted by atomic mass is 9.97. The predicted molar refractivity (Wildman–Crippen MR) is 72.8 cm³/mol. The molecule has 0 saturated heterocycles. The molecule has 0 bridgehead atoms. The van der Waals surface area contributed by atoms with Crippen LogP contribution in [0.3, 0.4) is 0 Å². The molecule has 0 heterocycles. The van der Waals surface area contributed by atoms with Gasteiger partial charge in [-0.1, -0.05) is 19.9 Å². The Labute approximate surface area is 108 Å². The minimum absolute atomic E-state index is 0.182. The van der Waals surface area contributed by atoms with Gasteiger partial charge in [0.25, 0.3) is 5.69 Å². The fourth-order valence-corrected chi connectivity index (χ4v) is 2.68. The summed E-state index contributed by atoms with van der Waals surface area (Å²) in [6.07, 6.45) is 2.28. The number of rotatable bonds is 3. The molecule has 0 aliphatic heterocycles. The highest BCUT2D eigenvalue weighted by atomic mass is 16.6. The molecule has 18 heavy (non-hydrogen) atoms. The van der Waals surface area contributed by atoms with E-state index in [0.717, 1.165) is 12.0 Å². The predicted octanol–water partition coefficient (Wildman–Crippen LogP) is 3.75. The summed E-state index contributed by atoms with van der Waals surface area (Å²) in [5, 5.41) is 14.4. The molecule has 1 aromatic rings. The second-order valence-corrected chi connectivity index (χ2v) is 5.44. The molecule has 98 valence electrons. The standard InChI is InChI=1S/C14H20N2O2/c1-9-4-6-13(14(8-9)16(17)18)15-12-7-5-10(2)11(12)3/h4,6,8,10-12,15H,5,7H2,1-3H3. The van der Waals surface area contributed by atoms with Gasteiger partial charge in [0.15, 0.2) is 0 Å². The summed E-state index contributed by atoms with van der Waals surface area (Å²) in [6.45, 7) is 6.34. The van der Waals surface area contributed by atoms with Crippen LogP contribution in [0.1, 0.15) is 32.3 Å². The van der Waals surface area contributed by atoms with Crippen molar-refractivity contribution >= 4 is 11.4 Å². The Kier molecular flexibility index (Phi) is 3.55. The first-order valence-electron chi connectivity index (χ1n) is 6.50. The maximum absolute atomic E-state index is 11.1. The summed E-state index contributed by atoms with van der Waals surface area (Å²) in [7, 11) is 0. The van der Waals surface area contributed by atoms with E-state index < -0.39 is 0 Å². The van der Waals surface area contributed by atoms with E-state index in [1.54, 1.807) is 6.07 Å². The van der Waals surface area contributed by atoms with E-state index in [0.29, 0.717) is 23.6 Å². The maximum Gasteiger partial charge on any atom is 0.292 e. The molecule has 1 saturated carbocycles. The zero-order chi connectivity index (χ0) is 13.3. The van der Waals surface area contributed by atoms with Crippen LogP contribution in [0, 0.1) is 28.9 Å². The van der Waals surface area contributed by atoms with E-state index in [1.807, 2.05) is 19.1 Å². The topological polar surface area (TPSA) is 55.2 Å². The zero-order valence-electron chi connectivity index (χ0n) is 11.1. The van der Waals surface area contributed by atoms with Gasteiger partial charge in [-0.2, -0.15) is 0 Å². The summed E-state index contributed by atoms with van der Waals surface area (Å²) in [4.78, 5) is 10.8. The van der Waals surface area contributed by atoms with Gasteiger partial charge in [0, 0.05) is 12.1 Å². The number of anilines is 1. The lowest BCUT2D eigenvalue weighted by Crippen LogP contribution is -2.24. The summed E-state index contributed by atoms with van der Waals surface area (Å²) >= 11 is 0. The first-order valence-corrected chi connectivity index (χ1v) is 6.50. The minimum Gasteiger partial charge on any atom is -0.376 e. The number of nitro benzene ring substituents is 1. The highest BCUT2D eigenvalue weighted by molar-refractivity contribution is 5.63. The van der Waals surface area contributed by atoms with Gasteiger partial charge >= 0.3 is 0 Å². The Balaban J connectivity index is 2.21. The molecule has 0 spiro atoms. The van der Waals surface area contributed by atoms with Gasteiger partial charge in [-0.3, -0.25) is 10.1 Å². The van der Waals surface area contributed by atoms with Gasteiger partial charge in [-0.05, 0) is 43.2 Å². The molecule has 0 aromatic heterocycles. The number of nitrogens with one attached hydrogen (secondary N) is 1. The highest BCUT2D eigenvalue weighted by Gasteiger charge is 2.30. The van der Waals surface area contributed by atoms with E-state index in [2.05, 4.69) is 19.2 Å². The highest BCUT2D eigenvalue weighted by Crippen LogP contribution is 2.35. The molecule has 1 fully saturated rings. The Hall–Kier alpha value is -1.58. The van der Waals surface area contributed by atoms with E-state index in [-0.39, 0.29) is 10.6 Å². The monoisotopic (exact) mass is 248 g/mol. The number of hydrogen-bond donors (Lipinski definition) is 1. The van der Waals surface area contributed by atoms with Crippen molar-refractivity contribution in [3.63, 3.8) is 0 Å². The van der Waals surface area contributed by atoms with E-state index in [4.69, 9.17) is 0 Å². The van der Waals surface area contributed by atoms with Crippen LogP contribution in [-0.4, -0.2) is 11.0 Å². The average Bonchev–Trinajstić information content (AvgIpc) is 2.63.